The Kier molecular flexibility index (Phi) is 4.51. The molecule has 0 saturated carbocycles. The Labute approximate surface area is 128 Å². The summed E-state index contributed by atoms with van der Waals surface area (Å²) in [6, 6.07) is 2.70. The zero-order valence-corrected chi connectivity index (χ0v) is 13.2. The highest BCUT2D eigenvalue weighted by atomic mass is 35.5. The van der Waals surface area contributed by atoms with Crippen molar-refractivity contribution in [1.82, 2.24) is 4.31 Å². The molecule has 1 aromatic carbocycles. The van der Waals surface area contributed by atoms with Crippen LogP contribution in [-0.4, -0.2) is 37.0 Å². The van der Waals surface area contributed by atoms with Gasteiger partial charge in [-0.25, -0.2) is 8.42 Å². The highest BCUT2D eigenvalue weighted by Crippen LogP contribution is 2.35. The first-order valence-electron chi connectivity index (χ1n) is 6.16. The van der Waals surface area contributed by atoms with E-state index in [1.54, 1.807) is 0 Å². The van der Waals surface area contributed by atoms with Crippen molar-refractivity contribution < 1.29 is 13.5 Å². The summed E-state index contributed by atoms with van der Waals surface area (Å²) >= 11 is 11.9. The van der Waals surface area contributed by atoms with E-state index >= 15 is 0 Å². The Balaban J connectivity index is 2.41. The number of hydrogen-bond acceptors (Lipinski definition) is 4. The Morgan fingerprint density at radius 3 is 2.40 bits per heavy atom. The fourth-order valence-electron chi connectivity index (χ4n) is 2.19. The lowest BCUT2D eigenvalue weighted by atomic mass is 9.98. The average Bonchev–Trinajstić information content (AvgIpc) is 2.30. The van der Waals surface area contributed by atoms with E-state index in [9.17, 15) is 13.5 Å². The molecular weight excluding hydrogens is 323 g/mol. The monoisotopic (exact) mass is 338 g/mol. The van der Waals surface area contributed by atoms with Crippen LogP contribution in [0.2, 0.25) is 10.0 Å². The lowest BCUT2D eigenvalue weighted by Crippen LogP contribution is -2.45. The molecule has 3 N–H and O–H groups in total. The summed E-state index contributed by atoms with van der Waals surface area (Å²) in [5, 5.41) is 9.83. The lowest BCUT2D eigenvalue weighted by molar-refractivity contribution is 0.0605. The first kappa shape index (κ1) is 15.9. The molecule has 0 aromatic heterocycles. The maximum atomic E-state index is 12.6. The number of halogens is 2. The van der Waals surface area contributed by atoms with E-state index in [1.165, 1.54) is 16.4 Å². The van der Waals surface area contributed by atoms with Crippen LogP contribution >= 0.6 is 23.2 Å². The second kappa shape index (κ2) is 5.69. The van der Waals surface area contributed by atoms with Gasteiger partial charge in [0.2, 0.25) is 10.0 Å². The summed E-state index contributed by atoms with van der Waals surface area (Å²) in [6.07, 6.45) is -0.102. The number of nitrogens with zero attached hydrogens (tertiary/aromatic N) is 1. The predicted molar refractivity (Wildman–Crippen MR) is 79.4 cm³/mol. The van der Waals surface area contributed by atoms with Gasteiger partial charge in [-0.2, -0.15) is 4.31 Å². The van der Waals surface area contributed by atoms with E-state index in [-0.39, 0.29) is 27.4 Å². The summed E-state index contributed by atoms with van der Waals surface area (Å²) in [4.78, 5) is -0.156. The van der Waals surface area contributed by atoms with Crippen molar-refractivity contribution in [2.24, 2.45) is 5.92 Å². The van der Waals surface area contributed by atoms with Crippen molar-refractivity contribution in [2.75, 3.05) is 18.8 Å². The normalized spacial score (nSPS) is 24.8. The molecule has 0 amide bonds. The van der Waals surface area contributed by atoms with Crippen molar-refractivity contribution in [3.8, 4) is 0 Å². The molecule has 2 atom stereocenters. The molecule has 0 bridgehead atoms. The highest BCUT2D eigenvalue weighted by molar-refractivity contribution is 7.89. The molecular formula is C12H16Cl2N2O3S. The minimum atomic E-state index is -3.84. The fraction of sp³-hybridized carbons (Fsp3) is 0.500. The van der Waals surface area contributed by atoms with E-state index < -0.39 is 16.1 Å². The van der Waals surface area contributed by atoms with Gasteiger partial charge in [0.05, 0.1) is 16.1 Å². The molecule has 1 saturated heterocycles. The molecule has 20 heavy (non-hydrogen) atoms. The van der Waals surface area contributed by atoms with E-state index in [0.29, 0.717) is 18.7 Å². The van der Waals surface area contributed by atoms with Crippen molar-refractivity contribution in [3.05, 3.63) is 22.2 Å². The molecule has 2 unspecified atom stereocenters. The van der Waals surface area contributed by atoms with Gasteiger partial charge in [0.1, 0.15) is 4.90 Å². The first-order valence-corrected chi connectivity index (χ1v) is 8.36. The maximum absolute atomic E-state index is 12.6. The molecule has 8 heteroatoms. The minimum absolute atomic E-state index is 0.0110. The number of benzene rings is 1. The van der Waals surface area contributed by atoms with Crippen molar-refractivity contribution in [3.63, 3.8) is 0 Å². The fourth-order valence-corrected chi connectivity index (χ4v) is 4.85. The van der Waals surface area contributed by atoms with Gasteiger partial charge >= 0.3 is 0 Å². The molecule has 2 rings (SSSR count). The standard InChI is InChI=1S/C12H16Cl2N2O3S/c1-7-2-3-16(6-11(7)17)20(18,19)12-9(13)4-8(15)5-10(12)14/h4-5,7,11,17H,2-3,6,15H2,1H3. The third-order valence-electron chi connectivity index (χ3n) is 3.50. The number of aliphatic hydroxyl groups excluding tert-OH is 1. The number of hydrogen-bond donors (Lipinski definition) is 2. The van der Waals surface area contributed by atoms with E-state index in [4.69, 9.17) is 28.9 Å². The number of aliphatic hydroxyl groups is 1. The number of anilines is 1. The molecule has 1 fully saturated rings. The van der Waals surface area contributed by atoms with Gasteiger partial charge in [-0.05, 0) is 24.5 Å². The van der Waals surface area contributed by atoms with Gasteiger partial charge in [-0.1, -0.05) is 30.1 Å². The van der Waals surface area contributed by atoms with Crippen LogP contribution in [0.5, 0.6) is 0 Å². The molecule has 0 aliphatic carbocycles. The van der Waals surface area contributed by atoms with Crippen LogP contribution in [0.3, 0.4) is 0 Å². The molecule has 1 aromatic rings. The average molecular weight is 339 g/mol. The summed E-state index contributed by atoms with van der Waals surface area (Å²) in [5.74, 6) is 0.0683. The van der Waals surface area contributed by atoms with Crippen LogP contribution in [0.4, 0.5) is 5.69 Å². The SMILES string of the molecule is CC1CCN(S(=O)(=O)c2c(Cl)cc(N)cc2Cl)CC1O. The predicted octanol–water partition coefficient (Wildman–Crippen LogP) is 1.97. The van der Waals surface area contributed by atoms with Gasteiger partial charge in [-0.15, -0.1) is 0 Å². The summed E-state index contributed by atoms with van der Waals surface area (Å²) in [6.45, 7) is 2.26. The summed E-state index contributed by atoms with van der Waals surface area (Å²) in [7, 11) is -3.84. The third kappa shape index (κ3) is 2.89. The van der Waals surface area contributed by atoms with Crippen LogP contribution < -0.4 is 5.73 Å². The Morgan fingerprint density at radius 1 is 1.35 bits per heavy atom. The molecule has 5 nitrogen and oxygen atoms in total. The molecule has 0 spiro atoms. The zero-order valence-electron chi connectivity index (χ0n) is 10.9. The molecule has 1 heterocycles. The van der Waals surface area contributed by atoms with Crippen LogP contribution in [-0.2, 0) is 10.0 Å². The Bertz CT molecular complexity index is 598. The van der Waals surface area contributed by atoms with Gasteiger partial charge in [0.25, 0.3) is 0 Å². The van der Waals surface area contributed by atoms with Crippen LogP contribution in [0.25, 0.3) is 0 Å². The minimum Gasteiger partial charge on any atom is -0.399 e. The molecule has 1 aliphatic rings. The molecule has 0 radical (unpaired) electrons. The van der Waals surface area contributed by atoms with Crippen molar-refractivity contribution in [2.45, 2.75) is 24.3 Å². The molecule has 112 valence electrons. The largest absolute Gasteiger partial charge is 0.399 e. The van der Waals surface area contributed by atoms with Crippen LogP contribution in [0, 0.1) is 5.92 Å². The quantitative estimate of drug-likeness (QED) is 0.807. The number of rotatable bonds is 2. The summed E-state index contributed by atoms with van der Waals surface area (Å²) in [5.41, 5.74) is 5.87. The van der Waals surface area contributed by atoms with Gasteiger partial charge in [0.15, 0.2) is 0 Å². The first-order chi connectivity index (χ1) is 9.23. The van der Waals surface area contributed by atoms with Gasteiger partial charge < -0.3 is 10.8 Å². The Hall–Kier alpha value is -0.530. The van der Waals surface area contributed by atoms with Crippen molar-refractivity contribution >= 4 is 38.9 Å². The van der Waals surface area contributed by atoms with E-state index in [0.717, 1.165) is 0 Å². The topological polar surface area (TPSA) is 83.6 Å². The number of nitrogens with two attached hydrogens (primary N) is 1. The second-order valence-electron chi connectivity index (χ2n) is 5.01. The Morgan fingerprint density at radius 2 is 1.90 bits per heavy atom. The van der Waals surface area contributed by atoms with Gasteiger partial charge in [-0.3, -0.25) is 0 Å². The molecule has 1 aliphatic heterocycles. The second-order valence-corrected chi connectivity index (χ2v) is 7.70. The number of sulfonamides is 1. The van der Waals surface area contributed by atoms with Crippen LogP contribution in [0.15, 0.2) is 17.0 Å². The van der Waals surface area contributed by atoms with Crippen molar-refractivity contribution in [1.29, 1.82) is 0 Å². The lowest BCUT2D eigenvalue weighted by Gasteiger charge is -2.33. The van der Waals surface area contributed by atoms with Gasteiger partial charge in [0, 0.05) is 18.8 Å². The number of piperidine rings is 1. The smallest absolute Gasteiger partial charge is 0.246 e. The van der Waals surface area contributed by atoms with E-state index in [2.05, 4.69) is 0 Å². The highest BCUT2D eigenvalue weighted by Gasteiger charge is 2.35. The number of nitrogen functional groups attached to an aromatic ring is 1. The third-order valence-corrected chi connectivity index (χ3v) is 6.29. The van der Waals surface area contributed by atoms with E-state index in [1.807, 2.05) is 6.92 Å². The maximum Gasteiger partial charge on any atom is 0.246 e. The zero-order chi connectivity index (χ0) is 15.1. The summed E-state index contributed by atoms with van der Waals surface area (Å²) < 4.78 is 26.4. The number of β-amino-alcohol motifs (C(OH)–C–C–N with tert-alkyl or cyclic N) is 1. The van der Waals surface area contributed by atoms with Crippen LogP contribution in [0.1, 0.15) is 13.3 Å².